The Hall–Kier alpha value is -0.910. The van der Waals surface area contributed by atoms with E-state index in [0.717, 1.165) is 25.0 Å². The van der Waals surface area contributed by atoms with E-state index in [0.29, 0.717) is 11.4 Å². The minimum absolute atomic E-state index is 0.0997. The minimum Gasteiger partial charge on any atom is -0.374 e. The quantitative estimate of drug-likeness (QED) is 0.876. The summed E-state index contributed by atoms with van der Waals surface area (Å²) in [5.74, 6) is 0.103. The number of sulfone groups is 1. The molecule has 1 aliphatic rings. The molecule has 0 bridgehead atoms. The van der Waals surface area contributed by atoms with Crippen molar-refractivity contribution >= 4 is 9.84 Å². The highest BCUT2D eigenvalue weighted by molar-refractivity contribution is 7.91. The second kappa shape index (κ2) is 6.46. The van der Waals surface area contributed by atoms with Gasteiger partial charge in [-0.1, -0.05) is 17.7 Å². The molecule has 0 aromatic heterocycles. The first-order valence-corrected chi connectivity index (χ1v) is 9.13. The van der Waals surface area contributed by atoms with E-state index in [2.05, 4.69) is 12.2 Å². The predicted octanol–water partition coefficient (Wildman–Crippen LogP) is 2.32. The van der Waals surface area contributed by atoms with Crippen LogP contribution in [0, 0.1) is 6.92 Å². The highest BCUT2D eigenvalue weighted by Gasteiger charge is 2.30. The first-order chi connectivity index (χ1) is 9.81. The maximum atomic E-state index is 12.4. The summed E-state index contributed by atoms with van der Waals surface area (Å²) >= 11 is 0. The normalized spacial score (nSPS) is 24.1. The van der Waals surface area contributed by atoms with Gasteiger partial charge in [0.15, 0.2) is 9.84 Å². The number of hydrogen-bond acceptors (Lipinski definition) is 4. The van der Waals surface area contributed by atoms with Gasteiger partial charge in [0, 0.05) is 19.2 Å². The van der Waals surface area contributed by atoms with E-state index < -0.39 is 9.84 Å². The van der Waals surface area contributed by atoms with Crippen LogP contribution in [0.15, 0.2) is 29.2 Å². The fraction of sp³-hybridized carbons (Fsp3) is 0.625. The summed E-state index contributed by atoms with van der Waals surface area (Å²) in [4.78, 5) is 0.394. The summed E-state index contributed by atoms with van der Waals surface area (Å²) in [7, 11) is -3.25. The summed E-state index contributed by atoms with van der Waals surface area (Å²) in [6.07, 6.45) is 2.10. The number of aryl methyl sites for hydroxylation is 1. The molecule has 0 unspecified atom stereocenters. The molecular weight excluding hydrogens is 286 g/mol. The van der Waals surface area contributed by atoms with Crippen LogP contribution in [0.2, 0.25) is 0 Å². The average molecular weight is 311 g/mol. The molecule has 0 spiro atoms. The number of nitrogens with one attached hydrogen (secondary N) is 1. The van der Waals surface area contributed by atoms with Crippen LogP contribution in [-0.2, 0) is 14.6 Å². The van der Waals surface area contributed by atoms with Gasteiger partial charge in [-0.15, -0.1) is 0 Å². The fourth-order valence-electron chi connectivity index (χ4n) is 2.60. The van der Waals surface area contributed by atoms with E-state index in [9.17, 15) is 8.42 Å². The van der Waals surface area contributed by atoms with Crippen molar-refractivity contribution in [3.8, 4) is 0 Å². The Bertz CT molecular complexity index is 560. The smallest absolute Gasteiger partial charge is 0.179 e. The second-order valence-corrected chi connectivity index (χ2v) is 8.31. The monoisotopic (exact) mass is 311 g/mol. The largest absolute Gasteiger partial charge is 0.374 e. The molecule has 2 rings (SSSR count). The Labute approximate surface area is 127 Å². The molecule has 1 aromatic rings. The summed E-state index contributed by atoms with van der Waals surface area (Å²) < 4.78 is 30.4. The third-order valence-corrected chi connectivity index (χ3v) is 5.90. The van der Waals surface area contributed by atoms with Crippen LogP contribution in [-0.4, -0.2) is 39.0 Å². The van der Waals surface area contributed by atoms with Crippen molar-refractivity contribution in [1.29, 1.82) is 0 Å². The van der Waals surface area contributed by atoms with Gasteiger partial charge in [0.05, 0.1) is 16.2 Å². The average Bonchev–Trinajstić information content (AvgIpc) is 2.84. The van der Waals surface area contributed by atoms with Gasteiger partial charge in [-0.05, 0) is 45.7 Å². The minimum atomic E-state index is -3.25. The number of rotatable bonds is 6. The molecular formula is C16H25NO3S. The molecule has 4 nitrogen and oxygen atoms in total. The molecule has 0 aliphatic carbocycles. The third kappa shape index (κ3) is 4.53. The third-order valence-electron chi connectivity index (χ3n) is 3.97. The van der Waals surface area contributed by atoms with Gasteiger partial charge in [0.1, 0.15) is 0 Å². The lowest BCUT2D eigenvalue weighted by Crippen LogP contribution is -2.43. The lowest BCUT2D eigenvalue weighted by atomic mass is 10.0. The van der Waals surface area contributed by atoms with E-state index in [1.54, 1.807) is 12.1 Å². The van der Waals surface area contributed by atoms with Crippen molar-refractivity contribution in [3.63, 3.8) is 0 Å². The van der Waals surface area contributed by atoms with Gasteiger partial charge in [-0.3, -0.25) is 0 Å². The van der Waals surface area contributed by atoms with Crippen molar-refractivity contribution < 1.29 is 13.2 Å². The van der Waals surface area contributed by atoms with Gasteiger partial charge in [-0.2, -0.15) is 0 Å². The SMILES string of the molecule is Cc1ccc(S(=O)(=O)C[C@@H](C)NC[C@]2(C)CCCO2)cc1. The molecule has 1 fully saturated rings. The summed E-state index contributed by atoms with van der Waals surface area (Å²) in [5, 5.41) is 3.30. The van der Waals surface area contributed by atoms with Crippen LogP contribution in [0.5, 0.6) is 0 Å². The van der Waals surface area contributed by atoms with Crippen LogP contribution in [0.1, 0.15) is 32.3 Å². The van der Waals surface area contributed by atoms with Crippen LogP contribution < -0.4 is 5.32 Å². The lowest BCUT2D eigenvalue weighted by Gasteiger charge is -2.26. The Morgan fingerprint density at radius 3 is 2.57 bits per heavy atom. The van der Waals surface area contributed by atoms with Gasteiger partial charge in [0.2, 0.25) is 0 Å². The summed E-state index contributed by atoms with van der Waals surface area (Å²) in [6.45, 7) is 7.42. The predicted molar refractivity (Wildman–Crippen MR) is 84.3 cm³/mol. The first-order valence-electron chi connectivity index (χ1n) is 7.48. The fourth-order valence-corrected chi connectivity index (χ4v) is 4.12. The van der Waals surface area contributed by atoms with Crippen molar-refractivity contribution in [2.45, 2.75) is 50.2 Å². The van der Waals surface area contributed by atoms with Gasteiger partial charge in [-0.25, -0.2) is 8.42 Å². The maximum absolute atomic E-state index is 12.4. The topological polar surface area (TPSA) is 55.4 Å². The van der Waals surface area contributed by atoms with E-state index in [1.807, 2.05) is 26.0 Å². The highest BCUT2D eigenvalue weighted by atomic mass is 32.2. The molecule has 0 amide bonds. The molecule has 0 saturated carbocycles. The zero-order chi connectivity index (χ0) is 15.5. The first kappa shape index (κ1) is 16.5. The summed E-state index contributed by atoms with van der Waals surface area (Å²) in [6, 6.07) is 6.92. The van der Waals surface area contributed by atoms with E-state index in [-0.39, 0.29) is 17.4 Å². The van der Waals surface area contributed by atoms with Crippen molar-refractivity contribution in [1.82, 2.24) is 5.32 Å². The van der Waals surface area contributed by atoms with Crippen LogP contribution in [0.25, 0.3) is 0 Å². The molecule has 118 valence electrons. The Balaban J connectivity index is 1.92. The molecule has 0 radical (unpaired) electrons. The molecule has 21 heavy (non-hydrogen) atoms. The van der Waals surface area contributed by atoms with E-state index in [4.69, 9.17) is 4.74 Å². The van der Waals surface area contributed by atoms with E-state index in [1.165, 1.54) is 0 Å². The molecule has 5 heteroatoms. The van der Waals surface area contributed by atoms with E-state index >= 15 is 0 Å². The highest BCUT2D eigenvalue weighted by Crippen LogP contribution is 2.24. The molecule has 1 aromatic carbocycles. The number of hydrogen-bond donors (Lipinski definition) is 1. The zero-order valence-electron chi connectivity index (χ0n) is 13.1. The van der Waals surface area contributed by atoms with Gasteiger partial charge < -0.3 is 10.1 Å². The van der Waals surface area contributed by atoms with Crippen molar-refractivity contribution in [2.75, 3.05) is 18.9 Å². The summed E-state index contributed by atoms with van der Waals surface area (Å²) in [5.41, 5.74) is 0.911. The van der Waals surface area contributed by atoms with Gasteiger partial charge >= 0.3 is 0 Å². The molecule has 1 heterocycles. The standard InChI is InChI=1S/C16H25NO3S/c1-13-5-7-15(8-6-13)21(18,19)11-14(2)17-12-16(3)9-4-10-20-16/h5-8,14,17H,4,9-12H2,1-3H3/t14-,16+/m1/s1. The second-order valence-electron chi connectivity index (χ2n) is 6.28. The maximum Gasteiger partial charge on any atom is 0.179 e. The number of benzene rings is 1. The Morgan fingerprint density at radius 1 is 1.33 bits per heavy atom. The molecule has 1 saturated heterocycles. The molecule has 1 N–H and O–H groups in total. The van der Waals surface area contributed by atoms with Gasteiger partial charge in [0.25, 0.3) is 0 Å². The molecule has 2 atom stereocenters. The van der Waals surface area contributed by atoms with Crippen LogP contribution in [0.4, 0.5) is 0 Å². The zero-order valence-corrected chi connectivity index (χ0v) is 13.9. The molecule has 1 aliphatic heterocycles. The van der Waals surface area contributed by atoms with Crippen molar-refractivity contribution in [2.24, 2.45) is 0 Å². The van der Waals surface area contributed by atoms with Crippen LogP contribution in [0.3, 0.4) is 0 Å². The lowest BCUT2D eigenvalue weighted by molar-refractivity contribution is 0.0196. The Kier molecular flexibility index (Phi) is 5.07. The number of ether oxygens (including phenoxy) is 1. The Morgan fingerprint density at radius 2 is 2.00 bits per heavy atom. The van der Waals surface area contributed by atoms with Crippen LogP contribution >= 0.6 is 0 Å². The van der Waals surface area contributed by atoms with Crippen molar-refractivity contribution in [3.05, 3.63) is 29.8 Å².